The molecule has 3 nitrogen and oxygen atoms in total. The summed E-state index contributed by atoms with van der Waals surface area (Å²) < 4.78 is 5.81. The Labute approximate surface area is 127 Å². The van der Waals surface area contributed by atoms with E-state index in [0.29, 0.717) is 0 Å². The van der Waals surface area contributed by atoms with E-state index < -0.39 is 0 Å². The number of pyridine rings is 1. The average Bonchev–Trinajstić information content (AvgIpc) is 2.48. The first-order valence-electron chi connectivity index (χ1n) is 7.42. The van der Waals surface area contributed by atoms with Crippen molar-refractivity contribution >= 4 is 0 Å². The summed E-state index contributed by atoms with van der Waals surface area (Å²) in [6.07, 6.45) is 2.82. The van der Waals surface area contributed by atoms with Gasteiger partial charge in [0.1, 0.15) is 11.5 Å². The zero-order chi connectivity index (χ0) is 15.5. The lowest BCUT2D eigenvalue weighted by Gasteiger charge is -2.23. The molecule has 0 spiro atoms. The molecule has 112 valence electrons. The molecule has 2 rings (SSSR count). The van der Waals surface area contributed by atoms with E-state index in [1.165, 1.54) is 5.56 Å². The second-order valence-corrected chi connectivity index (χ2v) is 6.07. The van der Waals surface area contributed by atoms with Crippen molar-refractivity contribution in [3.05, 3.63) is 53.9 Å². The van der Waals surface area contributed by atoms with Crippen molar-refractivity contribution in [2.24, 2.45) is 5.73 Å². The molecule has 0 amide bonds. The van der Waals surface area contributed by atoms with E-state index in [-0.39, 0.29) is 11.5 Å². The van der Waals surface area contributed by atoms with Gasteiger partial charge in [-0.2, -0.15) is 0 Å². The molecule has 0 aliphatic carbocycles. The Morgan fingerprint density at radius 3 is 2.19 bits per heavy atom. The van der Waals surface area contributed by atoms with Gasteiger partial charge in [0, 0.05) is 6.04 Å². The summed E-state index contributed by atoms with van der Waals surface area (Å²) in [6, 6.07) is 12.0. The van der Waals surface area contributed by atoms with Crippen molar-refractivity contribution < 1.29 is 4.74 Å². The zero-order valence-electron chi connectivity index (χ0n) is 13.3. The van der Waals surface area contributed by atoms with E-state index in [9.17, 15) is 0 Å². The van der Waals surface area contributed by atoms with Gasteiger partial charge in [0.25, 0.3) is 0 Å². The Balaban J connectivity index is 2.10. The van der Waals surface area contributed by atoms with Crippen LogP contribution >= 0.6 is 0 Å². The van der Waals surface area contributed by atoms with Gasteiger partial charge in [-0.25, -0.2) is 0 Å². The minimum absolute atomic E-state index is 0.0605. The Morgan fingerprint density at radius 2 is 1.71 bits per heavy atom. The molecule has 0 bridgehead atoms. The van der Waals surface area contributed by atoms with Crippen LogP contribution in [0.25, 0.3) is 0 Å². The van der Waals surface area contributed by atoms with Gasteiger partial charge in [-0.15, -0.1) is 0 Å². The molecule has 0 saturated carbocycles. The Hall–Kier alpha value is -1.87. The fourth-order valence-electron chi connectivity index (χ4n) is 2.04. The highest BCUT2D eigenvalue weighted by Gasteiger charge is 2.17. The maximum absolute atomic E-state index is 5.81. The van der Waals surface area contributed by atoms with Crippen LogP contribution in [0.3, 0.4) is 0 Å². The second-order valence-electron chi connectivity index (χ2n) is 6.07. The molecule has 0 radical (unpaired) electrons. The minimum atomic E-state index is -0.0605. The van der Waals surface area contributed by atoms with E-state index >= 15 is 0 Å². The zero-order valence-corrected chi connectivity index (χ0v) is 13.3. The van der Waals surface area contributed by atoms with Crippen LogP contribution in [0, 0.1) is 0 Å². The number of rotatable bonds is 5. The minimum Gasteiger partial charge on any atom is -0.456 e. The van der Waals surface area contributed by atoms with Gasteiger partial charge in [-0.05, 0) is 48.6 Å². The molecule has 1 aromatic carbocycles. The average molecular weight is 284 g/mol. The Morgan fingerprint density at radius 1 is 1.10 bits per heavy atom. The summed E-state index contributed by atoms with van der Waals surface area (Å²) in [6.45, 7) is 8.62. The van der Waals surface area contributed by atoms with Crippen LogP contribution in [0.5, 0.6) is 11.5 Å². The van der Waals surface area contributed by atoms with E-state index in [1.807, 2.05) is 31.2 Å². The van der Waals surface area contributed by atoms with Crippen LogP contribution in [-0.4, -0.2) is 4.98 Å². The lowest BCUT2D eigenvalue weighted by atomic mass is 9.82. The molecule has 21 heavy (non-hydrogen) atoms. The van der Waals surface area contributed by atoms with Crippen molar-refractivity contribution in [2.75, 3.05) is 0 Å². The SMILES string of the molecule is CCC(C)(C)c1ccc(Oc2ccc([C@H](C)N)nc2)cc1. The summed E-state index contributed by atoms with van der Waals surface area (Å²) in [7, 11) is 0. The topological polar surface area (TPSA) is 48.1 Å². The molecule has 2 N–H and O–H groups in total. The van der Waals surface area contributed by atoms with Crippen molar-refractivity contribution in [3.8, 4) is 11.5 Å². The van der Waals surface area contributed by atoms with Crippen LogP contribution in [0.1, 0.15) is 51.4 Å². The van der Waals surface area contributed by atoms with Gasteiger partial charge in [0.15, 0.2) is 0 Å². The predicted octanol–water partition coefficient (Wildman–Crippen LogP) is 4.58. The number of hydrogen-bond donors (Lipinski definition) is 1. The molecular weight excluding hydrogens is 260 g/mol. The van der Waals surface area contributed by atoms with Crippen LogP contribution in [0.15, 0.2) is 42.6 Å². The van der Waals surface area contributed by atoms with Gasteiger partial charge in [0.2, 0.25) is 0 Å². The van der Waals surface area contributed by atoms with Crippen LogP contribution < -0.4 is 10.5 Å². The number of benzene rings is 1. The summed E-state index contributed by atoms with van der Waals surface area (Å²) >= 11 is 0. The lowest BCUT2D eigenvalue weighted by molar-refractivity contribution is 0.475. The van der Waals surface area contributed by atoms with Crippen molar-refractivity contribution in [1.29, 1.82) is 0 Å². The molecule has 1 heterocycles. The maximum atomic E-state index is 5.81. The van der Waals surface area contributed by atoms with E-state index in [0.717, 1.165) is 23.6 Å². The maximum Gasteiger partial charge on any atom is 0.145 e. The summed E-state index contributed by atoms with van der Waals surface area (Å²) in [4.78, 5) is 4.29. The second kappa shape index (κ2) is 6.27. The first-order chi connectivity index (χ1) is 9.92. The van der Waals surface area contributed by atoms with E-state index in [1.54, 1.807) is 6.20 Å². The number of aromatic nitrogens is 1. The molecule has 3 heteroatoms. The number of nitrogens with zero attached hydrogens (tertiary/aromatic N) is 1. The Kier molecular flexibility index (Phi) is 4.63. The molecule has 0 unspecified atom stereocenters. The first kappa shape index (κ1) is 15.5. The standard InChI is InChI=1S/C18H24N2O/c1-5-18(3,4)14-6-8-15(9-7-14)21-16-10-11-17(13(2)19)20-12-16/h6-13H,5,19H2,1-4H3/t13-/m0/s1. The molecule has 0 saturated heterocycles. The third-order valence-corrected chi connectivity index (χ3v) is 3.98. The summed E-state index contributed by atoms with van der Waals surface area (Å²) in [5.74, 6) is 1.54. The summed E-state index contributed by atoms with van der Waals surface area (Å²) in [5, 5.41) is 0. The van der Waals surface area contributed by atoms with Crippen molar-refractivity contribution in [2.45, 2.75) is 45.6 Å². The number of nitrogens with two attached hydrogens (primary N) is 1. The van der Waals surface area contributed by atoms with Crippen LogP contribution in [-0.2, 0) is 5.41 Å². The highest BCUT2D eigenvalue weighted by Crippen LogP contribution is 2.29. The molecule has 0 aliphatic heterocycles. The smallest absolute Gasteiger partial charge is 0.145 e. The van der Waals surface area contributed by atoms with Gasteiger partial charge in [0.05, 0.1) is 11.9 Å². The molecule has 1 atom stereocenters. The van der Waals surface area contributed by atoms with Crippen molar-refractivity contribution in [1.82, 2.24) is 4.98 Å². The number of ether oxygens (including phenoxy) is 1. The Bertz CT molecular complexity index is 571. The van der Waals surface area contributed by atoms with Gasteiger partial charge >= 0.3 is 0 Å². The normalized spacial score (nSPS) is 13.0. The third-order valence-electron chi connectivity index (χ3n) is 3.98. The number of hydrogen-bond acceptors (Lipinski definition) is 3. The molecule has 2 aromatic rings. The third kappa shape index (κ3) is 3.82. The van der Waals surface area contributed by atoms with Crippen LogP contribution in [0.2, 0.25) is 0 Å². The van der Waals surface area contributed by atoms with Crippen molar-refractivity contribution in [3.63, 3.8) is 0 Å². The largest absolute Gasteiger partial charge is 0.456 e. The van der Waals surface area contributed by atoms with Crippen LogP contribution in [0.4, 0.5) is 0 Å². The highest BCUT2D eigenvalue weighted by atomic mass is 16.5. The van der Waals surface area contributed by atoms with Gasteiger partial charge < -0.3 is 10.5 Å². The monoisotopic (exact) mass is 284 g/mol. The summed E-state index contributed by atoms with van der Waals surface area (Å²) in [5.41, 5.74) is 8.16. The van der Waals surface area contributed by atoms with E-state index in [2.05, 4.69) is 37.9 Å². The van der Waals surface area contributed by atoms with Gasteiger partial charge in [-0.1, -0.05) is 32.9 Å². The predicted molar refractivity (Wildman–Crippen MR) is 86.7 cm³/mol. The van der Waals surface area contributed by atoms with Gasteiger partial charge in [-0.3, -0.25) is 4.98 Å². The quantitative estimate of drug-likeness (QED) is 0.874. The fourth-order valence-corrected chi connectivity index (χ4v) is 2.04. The highest BCUT2D eigenvalue weighted by molar-refractivity contribution is 5.35. The first-order valence-corrected chi connectivity index (χ1v) is 7.42. The molecular formula is C18H24N2O. The molecule has 0 fully saturated rings. The lowest BCUT2D eigenvalue weighted by Crippen LogP contribution is -2.14. The van der Waals surface area contributed by atoms with E-state index in [4.69, 9.17) is 10.5 Å². The molecule has 1 aromatic heterocycles. The fraction of sp³-hybridized carbons (Fsp3) is 0.389. The molecule has 0 aliphatic rings.